The van der Waals surface area contributed by atoms with Crippen molar-refractivity contribution in [2.45, 2.75) is 13.5 Å². The van der Waals surface area contributed by atoms with Crippen LogP contribution in [0.4, 0.5) is 0 Å². The summed E-state index contributed by atoms with van der Waals surface area (Å²) in [7, 11) is 1.64. The predicted molar refractivity (Wildman–Crippen MR) is 96.9 cm³/mol. The molecule has 0 aliphatic heterocycles. The Balaban J connectivity index is 2.16. The lowest BCUT2D eigenvalue weighted by Gasteiger charge is -2.10. The smallest absolute Gasteiger partial charge is 0.120 e. The number of hydrogen-bond donors (Lipinski definition) is 1. The van der Waals surface area contributed by atoms with E-state index in [1.54, 1.807) is 7.11 Å². The zero-order valence-electron chi connectivity index (χ0n) is 14.3. The number of nitriles is 1. The van der Waals surface area contributed by atoms with Crippen molar-refractivity contribution < 1.29 is 14.6 Å². The van der Waals surface area contributed by atoms with E-state index in [1.807, 2.05) is 42.5 Å². The van der Waals surface area contributed by atoms with Gasteiger partial charge in [0.15, 0.2) is 0 Å². The summed E-state index contributed by atoms with van der Waals surface area (Å²) in [6, 6.07) is 15.7. The SMILES string of the molecule is CCn1c(-c2ccc(OCCO)cc2)c(C#N)c2ccc(OC)cc21. The van der Waals surface area contributed by atoms with E-state index in [-0.39, 0.29) is 13.2 Å². The highest BCUT2D eigenvalue weighted by molar-refractivity contribution is 5.95. The first kappa shape index (κ1) is 16.9. The lowest BCUT2D eigenvalue weighted by molar-refractivity contribution is 0.201. The lowest BCUT2D eigenvalue weighted by atomic mass is 10.1. The molecule has 5 heteroatoms. The minimum Gasteiger partial charge on any atom is -0.497 e. The van der Waals surface area contributed by atoms with E-state index >= 15 is 0 Å². The monoisotopic (exact) mass is 336 g/mol. The van der Waals surface area contributed by atoms with Crippen LogP contribution in [-0.4, -0.2) is 30.0 Å². The first-order chi connectivity index (χ1) is 12.2. The number of hydrogen-bond acceptors (Lipinski definition) is 4. The van der Waals surface area contributed by atoms with Crippen LogP contribution in [0.3, 0.4) is 0 Å². The highest BCUT2D eigenvalue weighted by atomic mass is 16.5. The first-order valence-corrected chi connectivity index (χ1v) is 8.17. The number of aryl methyl sites for hydroxylation is 1. The van der Waals surface area contributed by atoms with E-state index < -0.39 is 0 Å². The van der Waals surface area contributed by atoms with Gasteiger partial charge in [-0.2, -0.15) is 5.26 Å². The number of methoxy groups -OCH3 is 1. The molecule has 0 aliphatic rings. The van der Waals surface area contributed by atoms with E-state index in [1.165, 1.54) is 0 Å². The van der Waals surface area contributed by atoms with E-state index in [0.717, 1.165) is 34.5 Å². The summed E-state index contributed by atoms with van der Waals surface area (Å²) in [6.45, 7) is 3.04. The molecule has 0 saturated heterocycles. The molecule has 0 radical (unpaired) electrons. The van der Waals surface area contributed by atoms with E-state index in [2.05, 4.69) is 17.6 Å². The lowest BCUT2D eigenvalue weighted by Crippen LogP contribution is -2.01. The fourth-order valence-electron chi connectivity index (χ4n) is 3.07. The number of aliphatic hydroxyl groups is 1. The summed E-state index contributed by atoms with van der Waals surface area (Å²) in [5, 5.41) is 19.5. The Kier molecular flexibility index (Phi) is 4.92. The summed E-state index contributed by atoms with van der Waals surface area (Å²) >= 11 is 0. The average Bonchev–Trinajstić information content (AvgIpc) is 2.99. The van der Waals surface area contributed by atoms with Crippen molar-refractivity contribution in [3.63, 3.8) is 0 Å². The molecular formula is C20H20N2O3. The van der Waals surface area contributed by atoms with Crippen molar-refractivity contribution in [2.24, 2.45) is 0 Å². The molecule has 0 saturated carbocycles. The van der Waals surface area contributed by atoms with Crippen LogP contribution in [0.2, 0.25) is 0 Å². The second kappa shape index (κ2) is 7.29. The van der Waals surface area contributed by atoms with E-state index in [9.17, 15) is 5.26 Å². The molecule has 0 spiro atoms. The zero-order chi connectivity index (χ0) is 17.8. The molecule has 1 heterocycles. The van der Waals surface area contributed by atoms with Gasteiger partial charge in [0.1, 0.15) is 24.2 Å². The fourth-order valence-corrected chi connectivity index (χ4v) is 3.07. The van der Waals surface area contributed by atoms with E-state index in [4.69, 9.17) is 14.6 Å². The number of fused-ring (bicyclic) bond motifs is 1. The first-order valence-electron chi connectivity index (χ1n) is 8.17. The summed E-state index contributed by atoms with van der Waals surface area (Å²) < 4.78 is 12.9. The number of ether oxygens (including phenoxy) is 2. The Morgan fingerprint density at radius 2 is 1.84 bits per heavy atom. The van der Waals surface area contributed by atoms with Crippen LogP contribution in [-0.2, 0) is 6.54 Å². The van der Waals surface area contributed by atoms with Crippen molar-refractivity contribution in [1.29, 1.82) is 5.26 Å². The Hall–Kier alpha value is -2.97. The molecule has 5 nitrogen and oxygen atoms in total. The highest BCUT2D eigenvalue weighted by Crippen LogP contribution is 2.35. The standard InChI is InChI=1S/C20H20N2O3/c1-3-22-19-12-16(24-2)8-9-17(19)18(13-21)20(22)14-4-6-15(7-5-14)25-11-10-23/h4-9,12,23H,3,10-11H2,1-2H3. The number of aromatic nitrogens is 1. The van der Waals surface area contributed by atoms with Gasteiger partial charge in [0.2, 0.25) is 0 Å². The van der Waals surface area contributed by atoms with Crippen LogP contribution in [0, 0.1) is 11.3 Å². The maximum atomic E-state index is 9.74. The van der Waals surface area contributed by atoms with Gasteiger partial charge in [-0.05, 0) is 48.9 Å². The third-order valence-corrected chi connectivity index (χ3v) is 4.19. The van der Waals surface area contributed by atoms with Gasteiger partial charge >= 0.3 is 0 Å². The molecule has 0 amide bonds. The molecule has 0 bridgehead atoms. The molecule has 2 aromatic carbocycles. The second-order valence-corrected chi connectivity index (χ2v) is 5.56. The maximum absolute atomic E-state index is 9.74. The quantitative estimate of drug-likeness (QED) is 0.747. The second-order valence-electron chi connectivity index (χ2n) is 5.56. The van der Waals surface area contributed by atoms with Crippen molar-refractivity contribution in [2.75, 3.05) is 20.3 Å². The van der Waals surface area contributed by atoms with Crippen molar-refractivity contribution in [1.82, 2.24) is 4.57 Å². The summed E-state index contributed by atoms with van der Waals surface area (Å²) in [5.74, 6) is 1.46. The van der Waals surface area contributed by atoms with Crippen LogP contribution >= 0.6 is 0 Å². The third-order valence-electron chi connectivity index (χ3n) is 4.19. The van der Waals surface area contributed by atoms with Gasteiger partial charge in [-0.15, -0.1) is 0 Å². The predicted octanol–water partition coefficient (Wildman–Crippen LogP) is 3.58. The van der Waals surface area contributed by atoms with Crippen LogP contribution in [0.25, 0.3) is 22.2 Å². The van der Waals surface area contributed by atoms with Gasteiger partial charge < -0.3 is 19.1 Å². The number of nitrogens with zero attached hydrogens (tertiary/aromatic N) is 2. The summed E-state index contributed by atoms with van der Waals surface area (Å²) in [5.41, 5.74) is 3.48. The number of aliphatic hydroxyl groups excluding tert-OH is 1. The van der Waals surface area contributed by atoms with Gasteiger partial charge in [-0.1, -0.05) is 0 Å². The molecule has 1 N–H and O–H groups in total. The third kappa shape index (κ3) is 3.04. The van der Waals surface area contributed by atoms with Crippen LogP contribution in [0.1, 0.15) is 12.5 Å². The molecular weight excluding hydrogens is 316 g/mol. The Morgan fingerprint density at radius 3 is 2.44 bits per heavy atom. The largest absolute Gasteiger partial charge is 0.497 e. The van der Waals surface area contributed by atoms with Crippen LogP contribution in [0.15, 0.2) is 42.5 Å². The van der Waals surface area contributed by atoms with Crippen molar-refractivity contribution >= 4 is 10.9 Å². The highest BCUT2D eigenvalue weighted by Gasteiger charge is 2.18. The number of benzene rings is 2. The van der Waals surface area contributed by atoms with Crippen molar-refractivity contribution in [3.05, 3.63) is 48.0 Å². The van der Waals surface area contributed by atoms with Gasteiger partial charge in [-0.25, -0.2) is 0 Å². The maximum Gasteiger partial charge on any atom is 0.120 e. The van der Waals surface area contributed by atoms with Gasteiger partial charge in [0.25, 0.3) is 0 Å². The molecule has 25 heavy (non-hydrogen) atoms. The van der Waals surface area contributed by atoms with Gasteiger partial charge in [0, 0.05) is 18.0 Å². The molecule has 3 aromatic rings. The molecule has 0 atom stereocenters. The minimum atomic E-state index is -0.0216. The molecule has 0 unspecified atom stereocenters. The minimum absolute atomic E-state index is 0.0216. The Labute approximate surface area is 146 Å². The normalized spacial score (nSPS) is 10.6. The average molecular weight is 336 g/mol. The molecule has 0 fully saturated rings. The van der Waals surface area contributed by atoms with Crippen LogP contribution < -0.4 is 9.47 Å². The molecule has 1 aromatic heterocycles. The van der Waals surface area contributed by atoms with Crippen LogP contribution in [0.5, 0.6) is 11.5 Å². The Bertz CT molecular complexity index is 921. The Morgan fingerprint density at radius 1 is 1.12 bits per heavy atom. The van der Waals surface area contributed by atoms with E-state index in [0.29, 0.717) is 11.3 Å². The van der Waals surface area contributed by atoms with Crippen molar-refractivity contribution in [3.8, 4) is 28.8 Å². The number of rotatable bonds is 6. The summed E-state index contributed by atoms with van der Waals surface area (Å²) in [4.78, 5) is 0. The fraction of sp³-hybridized carbons (Fsp3) is 0.250. The van der Waals surface area contributed by atoms with Gasteiger partial charge in [-0.3, -0.25) is 0 Å². The van der Waals surface area contributed by atoms with Gasteiger partial charge in [0.05, 0.1) is 30.5 Å². The molecule has 128 valence electrons. The summed E-state index contributed by atoms with van der Waals surface area (Å²) in [6.07, 6.45) is 0. The molecule has 3 rings (SSSR count). The molecule has 0 aliphatic carbocycles. The zero-order valence-corrected chi connectivity index (χ0v) is 14.3. The topological polar surface area (TPSA) is 67.4 Å².